The lowest BCUT2D eigenvalue weighted by Gasteiger charge is -2.32. The lowest BCUT2D eigenvalue weighted by molar-refractivity contribution is -0.128. The molecular weight excluding hydrogens is 353 g/mol. The number of amides is 1. The van der Waals surface area contributed by atoms with E-state index in [2.05, 4.69) is 23.2 Å². The van der Waals surface area contributed by atoms with Gasteiger partial charge in [0.25, 0.3) is 5.91 Å². The second-order valence-corrected chi connectivity index (χ2v) is 7.52. The summed E-state index contributed by atoms with van der Waals surface area (Å²) in [4.78, 5) is 19.2. The molecule has 1 amide bonds. The molecule has 0 unspecified atom stereocenters. The van der Waals surface area contributed by atoms with Gasteiger partial charge in [-0.3, -0.25) is 4.79 Å². The predicted octanol–water partition coefficient (Wildman–Crippen LogP) is 1.46. The normalized spacial score (nSPS) is 19.5. The Morgan fingerprint density at radius 1 is 1.25 bits per heavy atom. The SMILES string of the molecule is NCc1cccc(C2CCN(C(=O)C3=CC4=CC=C(B(O)O)CC4=N3)CC2)c1. The number of nitrogens with zero attached hydrogens (tertiary/aromatic N) is 2. The summed E-state index contributed by atoms with van der Waals surface area (Å²) >= 11 is 0. The number of carbonyl (C=O) groups excluding carboxylic acids is 1. The van der Waals surface area contributed by atoms with E-state index in [1.165, 1.54) is 5.56 Å². The fourth-order valence-electron chi connectivity index (χ4n) is 4.05. The van der Waals surface area contributed by atoms with Gasteiger partial charge in [0.1, 0.15) is 5.70 Å². The minimum Gasteiger partial charge on any atom is -0.423 e. The van der Waals surface area contributed by atoms with Crippen LogP contribution < -0.4 is 5.73 Å². The fourth-order valence-corrected chi connectivity index (χ4v) is 4.05. The summed E-state index contributed by atoms with van der Waals surface area (Å²) in [6.07, 6.45) is 7.48. The highest BCUT2D eigenvalue weighted by Crippen LogP contribution is 2.31. The molecular formula is C21H24BN3O3. The molecule has 144 valence electrons. The van der Waals surface area contributed by atoms with Gasteiger partial charge >= 0.3 is 7.12 Å². The number of fused-ring (bicyclic) bond motifs is 1. The Hall–Kier alpha value is -2.48. The average Bonchev–Trinajstić information content (AvgIpc) is 3.16. The Morgan fingerprint density at radius 3 is 2.75 bits per heavy atom. The highest BCUT2D eigenvalue weighted by Gasteiger charge is 2.30. The number of hydrogen-bond donors (Lipinski definition) is 3. The fraction of sp³-hybridized carbons (Fsp3) is 0.333. The third kappa shape index (κ3) is 3.74. The van der Waals surface area contributed by atoms with Crippen molar-refractivity contribution in [1.29, 1.82) is 0 Å². The maximum atomic E-state index is 12.9. The van der Waals surface area contributed by atoms with E-state index in [-0.39, 0.29) is 5.91 Å². The van der Waals surface area contributed by atoms with Gasteiger partial charge < -0.3 is 20.7 Å². The Bertz CT molecular complexity index is 909. The molecule has 1 aromatic rings. The van der Waals surface area contributed by atoms with Gasteiger partial charge in [-0.1, -0.05) is 36.4 Å². The summed E-state index contributed by atoms with van der Waals surface area (Å²) in [5, 5.41) is 18.7. The molecule has 0 atom stereocenters. The van der Waals surface area contributed by atoms with Crippen LogP contribution in [0, 0.1) is 0 Å². The van der Waals surface area contributed by atoms with Crippen molar-refractivity contribution in [3.05, 3.63) is 70.4 Å². The molecule has 1 aromatic carbocycles. The van der Waals surface area contributed by atoms with Crippen LogP contribution in [0.1, 0.15) is 36.3 Å². The van der Waals surface area contributed by atoms with Crippen molar-refractivity contribution in [2.75, 3.05) is 13.1 Å². The second-order valence-electron chi connectivity index (χ2n) is 7.52. The zero-order valence-electron chi connectivity index (χ0n) is 15.7. The molecule has 3 aliphatic rings. The largest absolute Gasteiger partial charge is 0.484 e. The van der Waals surface area contributed by atoms with Crippen molar-refractivity contribution in [2.24, 2.45) is 10.7 Å². The van der Waals surface area contributed by atoms with Crippen LogP contribution in [0.4, 0.5) is 0 Å². The molecule has 2 heterocycles. The van der Waals surface area contributed by atoms with Crippen LogP contribution >= 0.6 is 0 Å². The first-order chi connectivity index (χ1) is 13.5. The van der Waals surface area contributed by atoms with Crippen LogP contribution in [0.3, 0.4) is 0 Å². The molecule has 0 saturated carbocycles. The second kappa shape index (κ2) is 7.87. The molecule has 0 spiro atoms. The first kappa shape index (κ1) is 18.9. The van der Waals surface area contributed by atoms with Crippen LogP contribution in [0.5, 0.6) is 0 Å². The van der Waals surface area contributed by atoms with Crippen molar-refractivity contribution in [2.45, 2.75) is 31.7 Å². The highest BCUT2D eigenvalue weighted by atomic mass is 16.4. The Morgan fingerprint density at radius 2 is 2.04 bits per heavy atom. The minimum absolute atomic E-state index is 0.0527. The zero-order chi connectivity index (χ0) is 19.7. The number of rotatable bonds is 4. The molecule has 2 aliphatic heterocycles. The number of piperidine rings is 1. The Balaban J connectivity index is 1.39. The van der Waals surface area contributed by atoms with Gasteiger partial charge in [0, 0.05) is 26.1 Å². The van der Waals surface area contributed by atoms with Crippen LogP contribution in [0.15, 0.2) is 64.2 Å². The number of aliphatic imine (C=N–C) groups is 1. The lowest BCUT2D eigenvalue weighted by atomic mass is 9.73. The van der Waals surface area contributed by atoms with Crippen LogP contribution in [0.25, 0.3) is 0 Å². The number of nitrogens with two attached hydrogens (primary N) is 1. The van der Waals surface area contributed by atoms with Crippen molar-refractivity contribution >= 4 is 18.7 Å². The lowest BCUT2D eigenvalue weighted by Crippen LogP contribution is -2.38. The zero-order valence-corrected chi connectivity index (χ0v) is 15.7. The summed E-state index contributed by atoms with van der Waals surface area (Å²) in [6, 6.07) is 8.41. The highest BCUT2D eigenvalue weighted by molar-refractivity contribution is 6.52. The van der Waals surface area contributed by atoms with Crippen molar-refractivity contribution in [1.82, 2.24) is 4.90 Å². The van der Waals surface area contributed by atoms with Crippen LogP contribution in [-0.4, -0.2) is 46.8 Å². The van der Waals surface area contributed by atoms with Crippen molar-refractivity contribution < 1.29 is 14.8 Å². The van der Waals surface area contributed by atoms with Gasteiger partial charge in [-0.15, -0.1) is 0 Å². The van der Waals surface area contributed by atoms with Gasteiger partial charge in [-0.25, -0.2) is 4.99 Å². The van der Waals surface area contributed by atoms with Gasteiger partial charge in [0.15, 0.2) is 0 Å². The topological polar surface area (TPSA) is 99.2 Å². The Labute approximate surface area is 164 Å². The average molecular weight is 377 g/mol. The minimum atomic E-state index is -1.49. The summed E-state index contributed by atoms with van der Waals surface area (Å²) in [5.74, 6) is 0.394. The summed E-state index contributed by atoms with van der Waals surface area (Å²) in [6.45, 7) is 1.95. The number of benzene rings is 1. The van der Waals surface area contributed by atoms with E-state index in [9.17, 15) is 14.8 Å². The maximum Gasteiger partial charge on any atom is 0.484 e. The number of allylic oxidation sites excluding steroid dienone is 5. The molecule has 1 fully saturated rings. The quantitative estimate of drug-likeness (QED) is 0.692. The van der Waals surface area contributed by atoms with Crippen LogP contribution in [0.2, 0.25) is 0 Å². The smallest absolute Gasteiger partial charge is 0.423 e. The third-order valence-electron chi connectivity index (χ3n) is 5.72. The number of carbonyl (C=O) groups is 1. The van der Waals surface area contributed by atoms with Gasteiger partial charge in [-0.05, 0) is 47.0 Å². The van der Waals surface area contributed by atoms with Gasteiger partial charge in [0.2, 0.25) is 0 Å². The Kier molecular flexibility index (Phi) is 5.30. The summed E-state index contributed by atoms with van der Waals surface area (Å²) in [5.41, 5.74) is 10.7. The molecule has 0 bridgehead atoms. The van der Waals surface area contributed by atoms with E-state index in [4.69, 9.17) is 5.73 Å². The standard InChI is InChI=1S/C21H24BN3O3/c23-13-14-2-1-3-16(10-14)15-6-8-25(9-7-15)21(26)20-11-17-4-5-18(22(27)28)12-19(17)24-20/h1-5,10-11,15,27-28H,6-9,12-13,23H2. The number of hydrogen-bond acceptors (Lipinski definition) is 5. The molecule has 4 rings (SSSR count). The summed E-state index contributed by atoms with van der Waals surface area (Å²) in [7, 11) is -1.49. The van der Waals surface area contributed by atoms with E-state index in [0.717, 1.165) is 29.7 Å². The number of likely N-dealkylation sites (tertiary alicyclic amines) is 1. The third-order valence-corrected chi connectivity index (χ3v) is 5.72. The predicted molar refractivity (Wildman–Crippen MR) is 109 cm³/mol. The molecule has 1 saturated heterocycles. The first-order valence-corrected chi connectivity index (χ1v) is 9.70. The van der Waals surface area contributed by atoms with E-state index in [0.29, 0.717) is 43.1 Å². The van der Waals surface area contributed by atoms with E-state index in [1.807, 2.05) is 11.0 Å². The molecule has 28 heavy (non-hydrogen) atoms. The monoisotopic (exact) mass is 377 g/mol. The van der Waals surface area contributed by atoms with E-state index < -0.39 is 7.12 Å². The molecule has 7 heteroatoms. The van der Waals surface area contributed by atoms with E-state index in [1.54, 1.807) is 18.2 Å². The van der Waals surface area contributed by atoms with Gasteiger partial charge in [-0.2, -0.15) is 0 Å². The molecule has 4 N–H and O–H groups in total. The first-order valence-electron chi connectivity index (χ1n) is 9.70. The van der Waals surface area contributed by atoms with Crippen LogP contribution in [-0.2, 0) is 11.3 Å². The molecule has 0 radical (unpaired) electrons. The van der Waals surface area contributed by atoms with Crippen molar-refractivity contribution in [3.63, 3.8) is 0 Å². The van der Waals surface area contributed by atoms with Gasteiger partial charge in [0.05, 0.1) is 5.71 Å². The maximum absolute atomic E-state index is 12.9. The van der Waals surface area contributed by atoms with Crippen molar-refractivity contribution in [3.8, 4) is 0 Å². The molecule has 6 nitrogen and oxygen atoms in total. The molecule has 1 aliphatic carbocycles. The molecule has 0 aromatic heterocycles. The summed E-state index contributed by atoms with van der Waals surface area (Å²) < 4.78 is 0. The van der Waals surface area contributed by atoms with E-state index >= 15 is 0 Å².